The summed E-state index contributed by atoms with van der Waals surface area (Å²) in [4.78, 5) is 4.03. The highest BCUT2D eigenvalue weighted by atomic mass is 127. The molecule has 0 aliphatic rings. The van der Waals surface area contributed by atoms with E-state index in [4.69, 9.17) is 11.6 Å². The number of thiophene rings is 1. The maximum Gasteiger partial charge on any atom is 0.250 e. The lowest BCUT2D eigenvalue weighted by molar-refractivity contribution is 0.582. The van der Waals surface area contributed by atoms with Crippen LogP contribution in [0.15, 0.2) is 21.3 Å². The summed E-state index contributed by atoms with van der Waals surface area (Å²) in [6, 6.07) is 3.31. The van der Waals surface area contributed by atoms with Gasteiger partial charge in [-0.3, -0.25) is 4.99 Å². The van der Waals surface area contributed by atoms with E-state index in [0.29, 0.717) is 16.8 Å². The van der Waals surface area contributed by atoms with Gasteiger partial charge in [0.05, 0.1) is 4.34 Å². The highest BCUT2D eigenvalue weighted by Gasteiger charge is 2.15. The molecule has 3 N–H and O–H groups in total. The lowest BCUT2D eigenvalue weighted by Gasteiger charge is -2.14. The second-order valence-corrected chi connectivity index (χ2v) is 7.96. The number of aliphatic imine (C=N–C) groups is 1. The summed E-state index contributed by atoms with van der Waals surface area (Å²) in [5.41, 5.74) is 0. The second kappa shape index (κ2) is 9.82. The Balaban J connectivity index is 0.00000400. The van der Waals surface area contributed by atoms with Crippen LogP contribution in [0.3, 0.4) is 0 Å². The van der Waals surface area contributed by atoms with E-state index >= 15 is 0 Å². The predicted molar refractivity (Wildman–Crippen MR) is 99.6 cm³/mol. The molecule has 0 amide bonds. The number of nitrogens with zero attached hydrogens (tertiary/aromatic N) is 1. The van der Waals surface area contributed by atoms with Gasteiger partial charge in [-0.2, -0.15) is 0 Å². The number of sulfonamides is 1. The third kappa shape index (κ3) is 7.63. The Bertz CT molecular complexity index is 560. The zero-order valence-electron chi connectivity index (χ0n) is 12.0. The lowest BCUT2D eigenvalue weighted by Crippen LogP contribution is -2.43. The van der Waals surface area contributed by atoms with Crippen molar-refractivity contribution in [2.45, 2.75) is 24.1 Å². The summed E-state index contributed by atoms with van der Waals surface area (Å²) in [6.45, 7) is 4.69. The van der Waals surface area contributed by atoms with Crippen molar-refractivity contribution in [2.75, 3.05) is 20.1 Å². The largest absolute Gasteiger partial charge is 0.355 e. The quantitative estimate of drug-likeness (QED) is 0.259. The first-order valence-electron chi connectivity index (χ1n) is 6.07. The van der Waals surface area contributed by atoms with E-state index in [-0.39, 0.29) is 40.8 Å². The van der Waals surface area contributed by atoms with Crippen molar-refractivity contribution in [3.8, 4) is 0 Å². The molecule has 1 rings (SSSR count). The van der Waals surface area contributed by atoms with Crippen LogP contribution in [0, 0.1) is 0 Å². The second-order valence-electron chi connectivity index (χ2n) is 4.25. The SMILES string of the molecule is CN=C(NCCNS(=O)(=O)c1ccc(Cl)s1)NC(C)C.I. The van der Waals surface area contributed by atoms with Gasteiger partial charge in [-0.15, -0.1) is 35.3 Å². The third-order valence-corrected chi connectivity index (χ3v) is 5.36. The van der Waals surface area contributed by atoms with E-state index in [2.05, 4.69) is 20.3 Å². The smallest absolute Gasteiger partial charge is 0.250 e. The van der Waals surface area contributed by atoms with Gasteiger partial charge in [-0.1, -0.05) is 11.6 Å². The van der Waals surface area contributed by atoms with Gasteiger partial charge in [0.2, 0.25) is 10.0 Å². The summed E-state index contributed by atoms with van der Waals surface area (Å²) < 4.78 is 27.0. The normalized spacial score (nSPS) is 12.1. The van der Waals surface area contributed by atoms with Crippen molar-refractivity contribution in [3.63, 3.8) is 0 Å². The molecule has 0 aromatic carbocycles. The van der Waals surface area contributed by atoms with E-state index in [1.54, 1.807) is 13.1 Å². The molecular weight excluding hydrogens is 447 g/mol. The molecule has 0 atom stereocenters. The van der Waals surface area contributed by atoms with Crippen molar-refractivity contribution < 1.29 is 8.42 Å². The van der Waals surface area contributed by atoms with Gasteiger partial charge in [-0.05, 0) is 26.0 Å². The topological polar surface area (TPSA) is 82.6 Å². The molecule has 0 aliphatic heterocycles. The highest BCUT2D eigenvalue weighted by Crippen LogP contribution is 2.24. The van der Waals surface area contributed by atoms with Gasteiger partial charge in [-0.25, -0.2) is 13.1 Å². The molecule has 1 aromatic rings. The van der Waals surface area contributed by atoms with Crippen LogP contribution in [-0.2, 0) is 10.0 Å². The molecule has 21 heavy (non-hydrogen) atoms. The van der Waals surface area contributed by atoms with Gasteiger partial charge in [0, 0.05) is 26.2 Å². The molecule has 10 heteroatoms. The molecule has 0 saturated carbocycles. The number of hydrogen-bond donors (Lipinski definition) is 3. The van der Waals surface area contributed by atoms with E-state index in [0.717, 1.165) is 11.3 Å². The average molecular weight is 467 g/mol. The van der Waals surface area contributed by atoms with Crippen LogP contribution in [0.4, 0.5) is 0 Å². The molecule has 0 unspecified atom stereocenters. The molecule has 0 spiro atoms. The summed E-state index contributed by atoms with van der Waals surface area (Å²) in [5.74, 6) is 0.637. The summed E-state index contributed by atoms with van der Waals surface area (Å²) in [5, 5.41) is 6.13. The Morgan fingerprint density at radius 2 is 2.05 bits per heavy atom. The fourth-order valence-corrected chi connectivity index (χ4v) is 3.91. The molecule has 6 nitrogen and oxygen atoms in total. The van der Waals surface area contributed by atoms with E-state index in [1.165, 1.54) is 6.07 Å². The molecule has 0 bridgehead atoms. The minimum Gasteiger partial charge on any atom is -0.355 e. The third-order valence-electron chi connectivity index (χ3n) is 2.17. The summed E-state index contributed by atoms with van der Waals surface area (Å²) >= 11 is 6.76. The number of nitrogens with one attached hydrogen (secondary N) is 3. The number of rotatable bonds is 6. The molecule has 122 valence electrons. The number of guanidine groups is 1. The number of hydrogen-bond acceptors (Lipinski definition) is 4. The zero-order chi connectivity index (χ0) is 15.2. The molecule has 0 fully saturated rings. The van der Waals surface area contributed by atoms with Crippen molar-refractivity contribution in [3.05, 3.63) is 16.5 Å². The summed E-state index contributed by atoms with van der Waals surface area (Å²) in [7, 11) is -1.82. The van der Waals surface area contributed by atoms with Gasteiger partial charge in [0.15, 0.2) is 5.96 Å². The van der Waals surface area contributed by atoms with Crippen molar-refractivity contribution in [1.29, 1.82) is 0 Å². The van der Waals surface area contributed by atoms with Crippen molar-refractivity contribution in [2.24, 2.45) is 4.99 Å². The first kappa shape index (κ1) is 20.9. The van der Waals surface area contributed by atoms with Gasteiger partial charge >= 0.3 is 0 Å². The van der Waals surface area contributed by atoms with Crippen LogP contribution in [0.5, 0.6) is 0 Å². The fraction of sp³-hybridized carbons (Fsp3) is 0.545. The Morgan fingerprint density at radius 1 is 1.38 bits per heavy atom. The van der Waals surface area contributed by atoms with Crippen LogP contribution >= 0.6 is 46.9 Å². The van der Waals surface area contributed by atoms with Crippen LogP contribution in [0.2, 0.25) is 4.34 Å². The first-order chi connectivity index (χ1) is 9.35. The highest BCUT2D eigenvalue weighted by molar-refractivity contribution is 14.0. The standard InChI is InChI=1S/C11H19ClN4O2S2.HI/c1-8(2)16-11(13-3)14-6-7-15-20(17,18)10-5-4-9(12)19-10;/h4-5,8,15H,6-7H2,1-3H3,(H2,13,14,16);1H. The Labute approximate surface area is 151 Å². The van der Waals surface area contributed by atoms with Crippen LogP contribution in [-0.4, -0.2) is 40.6 Å². The lowest BCUT2D eigenvalue weighted by atomic mass is 10.4. The molecule has 0 aliphatic carbocycles. The molecule has 1 aromatic heterocycles. The molecule has 1 heterocycles. The van der Waals surface area contributed by atoms with Crippen molar-refractivity contribution >= 4 is 62.9 Å². The molecule has 0 radical (unpaired) electrons. The molecular formula is C11H20ClIN4O2S2. The average Bonchev–Trinajstić information content (AvgIpc) is 2.80. The van der Waals surface area contributed by atoms with Crippen LogP contribution in [0.1, 0.15) is 13.8 Å². The Morgan fingerprint density at radius 3 is 2.52 bits per heavy atom. The maximum atomic E-state index is 11.9. The van der Waals surface area contributed by atoms with E-state index in [1.807, 2.05) is 13.8 Å². The predicted octanol–water partition coefficient (Wildman–Crippen LogP) is 1.87. The fourth-order valence-electron chi connectivity index (χ4n) is 1.35. The van der Waals surface area contributed by atoms with Gasteiger partial charge < -0.3 is 10.6 Å². The minimum absolute atomic E-state index is 0. The first-order valence-corrected chi connectivity index (χ1v) is 8.75. The van der Waals surface area contributed by atoms with Crippen LogP contribution in [0.25, 0.3) is 0 Å². The van der Waals surface area contributed by atoms with Gasteiger partial charge in [0.25, 0.3) is 0 Å². The molecule has 0 saturated heterocycles. The van der Waals surface area contributed by atoms with Crippen LogP contribution < -0.4 is 15.4 Å². The van der Waals surface area contributed by atoms with Gasteiger partial charge in [0.1, 0.15) is 4.21 Å². The number of halogens is 2. The zero-order valence-corrected chi connectivity index (χ0v) is 16.7. The maximum absolute atomic E-state index is 11.9. The van der Waals surface area contributed by atoms with E-state index in [9.17, 15) is 8.42 Å². The Kier molecular flexibility index (Phi) is 9.78. The van der Waals surface area contributed by atoms with E-state index < -0.39 is 10.0 Å². The Hall–Kier alpha value is -0.100. The summed E-state index contributed by atoms with van der Waals surface area (Å²) in [6.07, 6.45) is 0. The minimum atomic E-state index is -3.48. The van der Waals surface area contributed by atoms with Crippen molar-refractivity contribution in [1.82, 2.24) is 15.4 Å². The monoisotopic (exact) mass is 466 g/mol.